The summed E-state index contributed by atoms with van der Waals surface area (Å²) in [6.07, 6.45) is 6.11. The Morgan fingerprint density at radius 1 is 1.28 bits per heavy atom. The van der Waals surface area contributed by atoms with Crippen LogP contribution in [0.15, 0.2) is 34.3 Å². The van der Waals surface area contributed by atoms with Crippen LogP contribution in [0.1, 0.15) is 53.7 Å². The Morgan fingerprint density at radius 3 is 2.79 bits per heavy atom. The number of carbonyl (C=O) groups excluding carboxylic acids is 1. The maximum Gasteiger partial charge on any atom is 0.303 e. The Hall–Kier alpha value is -2.45. The molecule has 4 heterocycles. The van der Waals surface area contributed by atoms with Gasteiger partial charge in [0.1, 0.15) is 24.0 Å². The summed E-state index contributed by atoms with van der Waals surface area (Å²) in [5.74, 6) is 2.93. The molecule has 0 saturated carbocycles. The molecule has 4 rings (SSSR count). The molecule has 1 saturated heterocycles. The Bertz CT molecular complexity index is 953. The van der Waals surface area contributed by atoms with Crippen molar-refractivity contribution in [2.45, 2.75) is 52.3 Å². The average molecular weight is 415 g/mol. The quantitative estimate of drug-likeness (QED) is 0.549. The van der Waals surface area contributed by atoms with Crippen molar-refractivity contribution >= 4 is 17.3 Å². The van der Waals surface area contributed by atoms with Gasteiger partial charge in [-0.1, -0.05) is 0 Å². The molecule has 0 bridgehead atoms. The van der Waals surface area contributed by atoms with Crippen LogP contribution < -0.4 is 0 Å². The summed E-state index contributed by atoms with van der Waals surface area (Å²) < 4.78 is 13.0. The molecule has 154 valence electrons. The minimum absolute atomic E-state index is 0.193. The van der Waals surface area contributed by atoms with Gasteiger partial charge in [-0.15, -0.1) is 11.3 Å². The van der Waals surface area contributed by atoms with Crippen LogP contribution in [-0.2, 0) is 29.2 Å². The number of aromatic nitrogens is 3. The minimum atomic E-state index is -0.298. The average Bonchev–Trinajstić information content (AvgIpc) is 3.43. The third kappa shape index (κ3) is 5.13. The summed E-state index contributed by atoms with van der Waals surface area (Å²) in [4.78, 5) is 22.5. The van der Waals surface area contributed by atoms with E-state index >= 15 is 0 Å². The summed E-state index contributed by atoms with van der Waals surface area (Å²) in [6.45, 7) is 7.21. The number of imidazole rings is 1. The van der Waals surface area contributed by atoms with E-state index in [4.69, 9.17) is 9.15 Å². The summed E-state index contributed by atoms with van der Waals surface area (Å²) in [5, 5.41) is 3.23. The first-order valence-corrected chi connectivity index (χ1v) is 10.8. The third-order valence-electron chi connectivity index (χ3n) is 5.21. The Kier molecular flexibility index (Phi) is 6.10. The lowest BCUT2D eigenvalue weighted by Crippen LogP contribution is -2.33. The molecule has 1 aliphatic rings. The molecule has 0 unspecified atom stereocenters. The Balaban J connectivity index is 1.30. The number of furan rings is 1. The van der Waals surface area contributed by atoms with E-state index in [1.807, 2.05) is 25.3 Å². The second-order valence-electron chi connectivity index (χ2n) is 7.47. The van der Waals surface area contributed by atoms with E-state index in [0.717, 1.165) is 61.3 Å². The highest BCUT2D eigenvalue weighted by atomic mass is 32.1. The largest absolute Gasteiger partial charge is 0.461 e. The number of hydrogen-bond acceptors (Lipinski definition) is 7. The molecule has 0 aliphatic carbocycles. The summed E-state index contributed by atoms with van der Waals surface area (Å²) in [7, 11) is 0. The fourth-order valence-corrected chi connectivity index (χ4v) is 4.40. The molecule has 3 aromatic rings. The molecule has 0 amide bonds. The lowest BCUT2D eigenvalue weighted by Gasteiger charge is -2.31. The highest BCUT2D eigenvalue weighted by molar-refractivity contribution is 7.09. The van der Waals surface area contributed by atoms with E-state index in [0.29, 0.717) is 11.7 Å². The molecule has 0 radical (unpaired) electrons. The number of thiazole rings is 1. The predicted molar refractivity (Wildman–Crippen MR) is 110 cm³/mol. The van der Waals surface area contributed by atoms with E-state index in [2.05, 4.69) is 31.0 Å². The van der Waals surface area contributed by atoms with Gasteiger partial charge in [-0.3, -0.25) is 9.69 Å². The topological polar surface area (TPSA) is 73.4 Å². The Morgan fingerprint density at radius 2 is 2.07 bits per heavy atom. The first kappa shape index (κ1) is 19.8. The van der Waals surface area contributed by atoms with Gasteiger partial charge in [-0.2, -0.15) is 0 Å². The van der Waals surface area contributed by atoms with Gasteiger partial charge in [0.05, 0.1) is 23.8 Å². The highest BCUT2D eigenvalue weighted by Crippen LogP contribution is 2.28. The number of likely N-dealkylation sites (tertiary alicyclic amines) is 1. The summed E-state index contributed by atoms with van der Waals surface area (Å²) >= 11 is 1.69. The molecular weight excluding hydrogens is 388 g/mol. The number of piperidine rings is 1. The predicted octanol–water partition coefficient (Wildman–Crippen LogP) is 3.73. The minimum Gasteiger partial charge on any atom is -0.461 e. The third-order valence-corrected chi connectivity index (χ3v) is 6.04. The van der Waals surface area contributed by atoms with Crippen LogP contribution in [0.2, 0.25) is 0 Å². The normalized spacial score (nSPS) is 15.7. The molecule has 29 heavy (non-hydrogen) atoms. The molecular formula is C21H26N4O3S. The lowest BCUT2D eigenvalue weighted by atomic mass is 9.96. The van der Waals surface area contributed by atoms with Crippen LogP contribution >= 0.6 is 11.3 Å². The number of aryl methyl sites for hydroxylation is 1. The van der Waals surface area contributed by atoms with Gasteiger partial charge < -0.3 is 13.7 Å². The van der Waals surface area contributed by atoms with Gasteiger partial charge in [0, 0.05) is 30.6 Å². The van der Waals surface area contributed by atoms with Crippen molar-refractivity contribution in [2.24, 2.45) is 0 Å². The Labute approximate surface area is 174 Å². The lowest BCUT2D eigenvalue weighted by molar-refractivity contribution is -0.142. The monoisotopic (exact) mass is 414 g/mol. The van der Waals surface area contributed by atoms with E-state index in [1.165, 1.54) is 6.92 Å². The molecule has 0 aromatic carbocycles. The van der Waals surface area contributed by atoms with Crippen molar-refractivity contribution in [3.8, 4) is 0 Å². The molecule has 1 fully saturated rings. The van der Waals surface area contributed by atoms with Gasteiger partial charge in [-0.25, -0.2) is 9.97 Å². The molecule has 0 N–H and O–H groups in total. The first-order chi connectivity index (χ1) is 14.1. The SMILES string of the molecule is CC(=O)OCc1ccc(CN2CCC(c3nccn3Cc3csc(C)n3)CC2)o1. The number of esters is 1. The van der Waals surface area contributed by atoms with Crippen molar-refractivity contribution in [3.63, 3.8) is 0 Å². The van der Waals surface area contributed by atoms with E-state index in [9.17, 15) is 4.79 Å². The van der Waals surface area contributed by atoms with Crippen LogP contribution in [0.3, 0.4) is 0 Å². The van der Waals surface area contributed by atoms with Gasteiger partial charge >= 0.3 is 5.97 Å². The fourth-order valence-electron chi connectivity index (χ4n) is 3.80. The first-order valence-electron chi connectivity index (χ1n) is 9.92. The van der Waals surface area contributed by atoms with Gasteiger partial charge in [0.25, 0.3) is 0 Å². The number of carbonyl (C=O) groups is 1. The zero-order valence-electron chi connectivity index (χ0n) is 16.8. The maximum absolute atomic E-state index is 10.9. The standard InChI is InChI=1S/C21H26N4O3S/c1-15-23-18(14-29-15)11-25-10-7-22-21(25)17-5-8-24(9-6-17)12-19-3-4-20(28-19)13-27-16(2)26/h3-4,7,10,14,17H,5-6,8-9,11-13H2,1-2H3. The van der Waals surface area contributed by atoms with Crippen molar-refractivity contribution < 1.29 is 13.9 Å². The van der Waals surface area contributed by atoms with Gasteiger partial charge in [0.15, 0.2) is 0 Å². The van der Waals surface area contributed by atoms with E-state index < -0.39 is 0 Å². The molecule has 7 nitrogen and oxygen atoms in total. The number of nitrogens with zero attached hydrogens (tertiary/aromatic N) is 4. The van der Waals surface area contributed by atoms with Crippen LogP contribution in [-0.4, -0.2) is 38.5 Å². The number of rotatable bonds is 7. The zero-order valence-corrected chi connectivity index (χ0v) is 17.7. The van der Waals surface area contributed by atoms with Crippen molar-refractivity contribution in [3.05, 3.63) is 58.0 Å². The fraction of sp³-hybridized carbons (Fsp3) is 0.476. The van der Waals surface area contributed by atoms with Crippen LogP contribution in [0.4, 0.5) is 0 Å². The van der Waals surface area contributed by atoms with Gasteiger partial charge in [0.2, 0.25) is 0 Å². The summed E-state index contributed by atoms with van der Waals surface area (Å²) in [6, 6.07) is 3.84. The maximum atomic E-state index is 10.9. The smallest absolute Gasteiger partial charge is 0.303 e. The second kappa shape index (κ2) is 8.92. The number of ether oxygens (including phenoxy) is 1. The van der Waals surface area contributed by atoms with Crippen LogP contribution in [0.25, 0.3) is 0 Å². The van der Waals surface area contributed by atoms with Crippen molar-refractivity contribution in [1.82, 2.24) is 19.4 Å². The summed E-state index contributed by atoms with van der Waals surface area (Å²) in [5.41, 5.74) is 1.10. The van der Waals surface area contributed by atoms with E-state index in [-0.39, 0.29) is 12.6 Å². The second-order valence-corrected chi connectivity index (χ2v) is 8.53. The molecule has 3 aromatic heterocycles. The van der Waals surface area contributed by atoms with Crippen molar-refractivity contribution in [2.75, 3.05) is 13.1 Å². The molecule has 8 heteroatoms. The van der Waals surface area contributed by atoms with Crippen LogP contribution in [0.5, 0.6) is 0 Å². The molecule has 0 spiro atoms. The van der Waals surface area contributed by atoms with Crippen LogP contribution in [0, 0.1) is 6.92 Å². The number of hydrogen-bond donors (Lipinski definition) is 0. The molecule has 0 atom stereocenters. The zero-order chi connectivity index (χ0) is 20.2. The highest BCUT2D eigenvalue weighted by Gasteiger charge is 2.24. The molecule has 1 aliphatic heterocycles. The van der Waals surface area contributed by atoms with Crippen molar-refractivity contribution in [1.29, 1.82) is 0 Å². The van der Waals surface area contributed by atoms with Gasteiger partial charge in [-0.05, 0) is 45.0 Å². The van der Waals surface area contributed by atoms with E-state index in [1.54, 1.807) is 11.3 Å².